The monoisotopic (exact) mass is 374 g/mol. The number of rotatable bonds is 2. The molecule has 0 bridgehead atoms. The molecule has 1 aromatic rings. The number of likely N-dealkylation sites (tertiary alicyclic amines) is 1. The minimum Gasteiger partial charge on any atom is -0.381 e. The molecule has 1 saturated heterocycles. The second-order valence-corrected chi connectivity index (χ2v) is 6.32. The Morgan fingerprint density at radius 3 is 2.61 bits per heavy atom. The number of piperidine rings is 1. The molecule has 1 N–H and O–H groups in total. The van der Waals surface area contributed by atoms with Gasteiger partial charge in [0.05, 0.1) is 0 Å². The topological polar surface area (TPSA) is 32.3 Å². The van der Waals surface area contributed by atoms with Gasteiger partial charge in [-0.25, -0.2) is 0 Å². The number of anilines is 1. The van der Waals surface area contributed by atoms with Gasteiger partial charge in [-0.15, -0.1) is 0 Å². The summed E-state index contributed by atoms with van der Waals surface area (Å²) in [7, 11) is 0. The van der Waals surface area contributed by atoms with Crippen LogP contribution in [0.15, 0.2) is 27.1 Å². The molecular weight excluding hydrogens is 360 g/mol. The minimum atomic E-state index is 0.178. The summed E-state index contributed by atoms with van der Waals surface area (Å²) >= 11 is 7.02. The molecule has 1 heterocycles. The number of nitrogens with zero attached hydrogens (tertiary/aromatic N) is 1. The highest BCUT2D eigenvalue weighted by molar-refractivity contribution is 9.11. The maximum atomic E-state index is 11.3. The van der Waals surface area contributed by atoms with Crippen LogP contribution >= 0.6 is 31.9 Å². The third-order valence-corrected chi connectivity index (χ3v) is 4.41. The lowest BCUT2D eigenvalue weighted by Gasteiger charge is -2.32. The van der Waals surface area contributed by atoms with Crippen LogP contribution in [-0.2, 0) is 4.79 Å². The summed E-state index contributed by atoms with van der Waals surface area (Å²) in [5.74, 6) is 0.178. The van der Waals surface area contributed by atoms with Crippen LogP contribution in [-0.4, -0.2) is 29.9 Å². The van der Waals surface area contributed by atoms with Crippen LogP contribution in [0.2, 0.25) is 0 Å². The van der Waals surface area contributed by atoms with Gasteiger partial charge >= 0.3 is 0 Å². The quantitative estimate of drug-likeness (QED) is 0.855. The van der Waals surface area contributed by atoms with E-state index >= 15 is 0 Å². The van der Waals surface area contributed by atoms with Crippen molar-refractivity contribution in [2.75, 3.05) is 18.4 Å². The molecule has 0 aliphatic carbocycles. The molecule has 0 radical (unpaired) electrons. The number of carbonyl (C=O) groups is 1. The molecule has 0 aromatic heterocycles. The predicted molar refractivity (Wildman–Crippen MR) is 80.7 cm³/mol. The van der Waals surface area contributed by atoms with E-state index in [1.807, 2.05) is 17.0 Å². The zero-order valence-corrected chi connectivity index (χ0v) is 13.4. The molecule has 1 aliphatic heterocycles. The van der Waals surface area contributed by atoms with Crippen LogP contribution in [0.25, 0.3) is 0 Å². The maximum Gasteiger partial charge on any atom is 0.219 e. The van der Waals surface area contributed by atoms with Crippen molar-refractivity contribution in [1.29, 1.82) is 0 Å². The first kappa shape index (κ1) is 13.9. The number of amides is 1. The highest BCUT2D eigenvalue weighted by Gasteiger charge is 2.20. The summed E-state index contributed by atoms with van der Waals surface area (Å²) in [4.78, 5) is 13.2. The zero-order valence-electron chi connectivity index (χ0n) is 10.2. The molecule has 0 spiro atoms. The smallest absolute Gasteiger partial charge is 0.219 e. The highest BCUT2D eigenvalue weighted by atomic mass is 79.9. The largest absolute Gasteiger partial charge is 0.381 e. The van der Waals surface area contributed by atoms with E-state index in [1.54, 1.807) is 6.92 Å². The number of halogens is 2. The molecule has 3 nitrogen and oxygen atoms in total. The molecule has 1 fully saturated rings. The fourth-order valence-corrected chi connectivity index (χ4v) is 2.89. The fourth-order valence-electron chi connectivity index (χ4n) is 2.17. The van der Waals surface area contributed by atoms with Gasteiger partial charge in [-0.05, 0) is 47.0 Å². The minimum absolute atomic E-state index is 0.178. The van der Waals surface area contributed by atoms with Gasteiger partial charge in [-0.3, -0.25) is 4.79 Å². The average Bonchev–Trinajstić information content (AvgIpc) is 2.34. The molecule has 0 unspecified atom stereocenters. The molecule has 1 amide bonds. The van der Waals surface area contributed by atoms with Gasteiger partial charge in [0.25, 0.3) is 0 Å². The van der Waals surface area contributed by atoms with Crippen molar-refractivity contribution in [3.05, 3.63) is 27.1 Å². The number of hydrogen-bond donors (Lipinski definition) is 1. The average molecular weight is 376 g/mol. The zero-order chi connectivity index (χ0) is 13.1. The lowest BCUT2D eigenvalue weighted by atomic mass is 10.0. The Hall–Kier alpha value is -0.550. The summed E-state index contributed by atoms with van der Waals surface area (Å²) in [5, 5.41) is 3.53. The molecule has 5 heteroatoms. The Kier molecular flexibility index (Phi) is 4.67. The summed E-state index contributed by atoms with van der Waals surface area (Å²) < 4.78 is 2.13. The fraction of sp³-hybridized carbons (Fsp3) is 0.462. The SMILES string of the molecule is CC(=O)N1CCC(Nc2cc(Br)ccc2Br)CC1. The van der Waals surface area contributed by atoms with Gasteiger partial charge in [0.15, 0.2) is 0 Å². The molecule has 2 rings (SSSR count). The Morgan fingerprint density at radius 2 is 2.00 bits per heavy atom. The van der Waals surface area contributed by atoms with E-state index in [-0.39, 0.29) is 5.91 Å². The summed E-state index contributed by atoms with van der Waals surface area (Å²) in [6, 6.07) is 6.54. The first-order chi connectivity index (χ1) is 8.56. The Labute approximate surface area is 124 Å². The normalized spacial score (nSPS) is 16.7. The van der Waals surface area contributed by atoms with E-state index in [9.17, 15) is 4.79 Å². The molecule has 0 saturated carbocycles. The van der Waals surface area contributed by atoms with E-state index in [1.165, 1.54) is 0 Å². The van der Waals surface area contributed by atoms with Crippen molar-refractivity contribution in [1.82, 2.24) is 4.90 Å². The van der Waals surface area contributed by atoms with Crippen LogP contribution in [0.5, 0.6) is 0 Å². The summed E-state index contributed by atoms with van der Waals surface area (Å²) in [6.07, 6.45) is 2.00. The van der Waals surface area contributed by atoms with Gasteiger partial charge in [0.1, 0.15) is 0 Å². The Morgan fingerprint density at radius 1 is 1.33 bits per heavy atom. The predicted octanol–water partition coefficient (Wildman–Crippen LogP) is 3.63. The molecular formula is C13H16Br2N2O. The Bertz CT molecular complexity index is 443. The first-order valence-electron chi connectivity index (χ1n) is 6.03. The van der Waals surface area contributed by atoms with Gasteiger partial charge in [-0.2, -0.15) is 0 Å². The molecule has 18 heavy (non-hydrogen) atoms. The Balaban J connectivity index is 1.95. The third kappa shape index (κ3) is 3.48. The van der Waals surface area contributed by atoms with E-state index in [4.69, 9.17) is 0 Å². The number of benzene rings is 1. The summed E-state index contributed by atoms with van der Waals surface area (Å²) in [6.45, 7) is 3.33. The van der Waals surface area contributed by atoms with Crippen molar-refractivity contribution in [2.24, 2.45) is 0 Å². The van der Waals surface area contributed by atoms with Crippen LogP contribution in [0.3, 0.4) is 0 Å². The van der Waals surface area contributed by atoms with E-state index in [0.717, 1.165) is 40.6 Å². The van der Waals surface area contributed by atoms with Crippen LogP contribution in [0, 0.1) is 0 Å². The molecule has 0 atom stereocenters. The standard InChI is InChI=1S/C13H16Br2N2O/c1-9(18)17-6-4-11(5-7-17)16-13-8-10(14)2-3-12(13)15/h2-3,8,11,16H,4-7H2,1H3. The van der Waals surface area contributed by atoms with Crippen LogP contribution < -0.4 is 5.32 Å². The van der Waals surface area contributed by atoms with Gasteiger partial charge in [-0.1, -0.05) is 15.9 Å². The second-order valence-electron chi connectivity index (χ2n) is 4.55. The van der Waals surface area contributed by atoms with E-state index < -0.39 is 0 Å². The lowest BCUT2D eigenvalue weighted by Crippen LogP contribution is -2.41. The highest BCUT2D eigenvalue weighted by Crippen LogP contribution is 2.28. The summed E-state index contributed by atoms with van der Waals surface area (Å²) in [5.41, 5.74) is 1.10. The molecule has 98 valence electrons. The van der Waals surface area contributed by atoms with Crippen molar-refractivity contribution >= 4 is 43.5 Å². The van der Waals surface area contributed by atoms with Crippen molar-refractivity contribution in [3.8, 4) is 0 Å². The van der Waals surface area contributed by atoms with Gasteiger partial charge < -0.3 is 10.2 Å². The number of nitrogens with one attached hydrogen (secondary N) is 1. The van der Waals surface area contributed by atoms with Gasteiger partial charge in [0.2, 0.25) is 5.91 Å². The molecule has 1 aromatic carbocycles. The van der Waals surface area contributed by atoms with E-state index in [0.29, 0.717) is 6.04 Å². The van der Waals surface area contributed by atoms with E-state index in [2.05, 4.69) is 43.2 Å². The van der Waals surface area contributed by atoms with Gasteiger partial charge in [0, 0.05) is 40.7 Å². The number of hydrogen-bond acceptors (Lipinski definition) is 2. The third-order valence-electron chi connectivity index (χ3n) is 3.23. The second kappa shape index (κ2) is 6.06. The van der Waals surface area contributed by atoms with Crippen molar-refractivity contribution in [3.63, 3.8) is 0 Å². The van der Waals surface area contributed by atoms with Crippen LogP contribution in [0.1, 0.15) is 19.8 Å². The maximum absolute atomic E-state index is 11.3. The number of carbonyl (C=O) groups excluding carboxylic acids is 1. The first-order valence-corrected chi connectivity index (χ1v) is 7.62. The van der Waals surface area contributed by atoms with Crippen LogP contribution in [0.4, 0.5) is 5.69 Å². The van der Waals surface area contributed by atoms with Crippen molar-refractivity contribution in [2.45, 2.75) is 25.8 Å². The molecule has 1 aliphatic rings. The van der Waals surface area contributed by atoms with Crippen molar-refractivity contribution < 1.29 is 4.79 Å². The lowest BCUT2D eigenvalue weighted by molar-refractivity contribution is -0.129.